The summed E-state index contributed by atoms with van der Waals surface area (Å²) in [7, 11) is 0. The fraction of sp³-hybridized carbons (Fsp3) is 0.200. The van der Waals surface area contributed by atoms with Gasteiger partial charge in [0.2, 0.25) is 0 Å². The number of halogens is 1. The lowest BCUT2D eigenvalue weighted by Gasteiger charge is -2.01. The molecule has 2 aromatic rings. The van der Waals surface area contributed by atoms with Crippen molar-refractivity contribution in [2.24, 2.45) is 0 Å². The molecule has 1 aromatic heterocycles. The third-order valence-electron chi connectivity index (χ3n) is 2.06. The summed E-state index contributed by atoms with van der Waals surface area (Å²) in [5.41, 5.74) is 1.54. The van der Waals surface area contributed by atoms with Crippen LogP contribution in [0.25, 0.3) is 11.1 Å². The Morgan fingerprint density at radius 2 is 2.27 bits per heavy atom. The molecule has 0 saturated carbocycles. The van der Waals surface area contributed by atoms with Gasteiger partial charge in [-0.25, -0.2) is 4.79 Å². The second kappa shape index (κ2) is 3.66. The number of H-pyrrole nitrogens is 1. The molecule has 0 amide bonds. The molecular weight excluding hydrogens is 262 g/mol. The van der Waals surface area contributed by atoms with Crippen molar-refractivity contribution in [2.75, 3.05) is 0 Å². The third kappa shape index (κ3) is 1.87. The van der Waals surface area contributed by atoms with Gasteiger partial charge < -0.3 is 4.42 Å². The van der Waals surface area contributed by atoms with Crippen LogP contribution < -0.4 is 5.76 Å². The molecule has 2 rings (SSSR count). The van der Waals surface area contributed by atoms with E-state index in [0.717, 1.165) is 0 Å². The first kappa shape index (κ1) is 10.2. The van der Waals surface area contributed by atoms with Crippen LogP contribution in [-0.4, -0.2) is 15.6 Å². The number of Topliss-reactive ketones (excluding diaryl/α,β-unsaturated/α-hetero) is 1. The number of oxazole rings is 1. The standard InChI is InChI=1S/C10H8BrNO3/c1-5(11)9(13)6-2-3-8-7(4-6)12-10(14)15-8/h2-5H,1H3,(H,12,14). The van der Waals surface area contributed by atoms with E-state index in [2.05, 4.69) is 20.9 Å². The van der Waals surface area contributed by atoms with Crippen LogP contribution in [0.15, 0.2) is 27.4 Å². The highest BCUT2D eigenvalue weighted by Crippen LogP contribution is 2.15. The Kier molecular flexibility index (Phi) is 2.48. The molecule has 1 heterocycles. The van der Waals surface area contributed by atoms with Crippen LogP contribution in [-0.2, 0) is 0 Å². The first-order chi connectivity index (χ1) is 7.08. The van der Waals surface area contributed by atoms with E-state index in [0.29, 0.717) is 16.7 Å². The van der Waals surface area contributed by atoms with Gasteiger partial charge in [-0.2, -0.15) is 0 Å². The van der Waals surface area contributed by atoms with Crippen molar-refractivity contribution in [3.8, 4) is 0 Å². The van der Waals surface area contributed by atoms with Gasteiger partial charge in [0.1, 0.15) is 0 Å². The number of hydrogen-bond donors (Lipinski definition) is 1. The molecule has 0 aliphatic carbocycles. The zero-order chi connectivity index (χ0) is 11.0. The number of carbonyl (C=O) groups is 1. The highest BCUT2D eigenvalue weighted by molar-refractivity contribution is 9.10. The Morgan fingerprint density at radius 3 is 2.93 bits per heavy atom. The number of ketones is 1. The van der Waals surface area contributed by atoms with E-state index in [1.807, 2.05) is 0 Å². The maximum absolute atomic E-state index is 11.6. The Hall–Kier alpha value is -1.36. The molecular formula is C10H8BrNO3. The monoisotopic (exact) mass is 269 g/mol. The highest BCUT2D eigenvalue weighted by Gasteiger charge is 2.13. The molecule has 5 heteroatoms. The lowest BCUT2D eigenvalue weighted by atomic mass is 10.1. The van der Waals surface area contributed by atoms with E-state index < -0.39 is 5.76 Å². The Morgan fingerprint density at radius 1 is 1.53 bits per heavy atom. The van der Waals surface area contributed by atoms with Gasteiger partial charge in [0.15, 0.2) is 11.4 Å². The number of aromatic amines is 1. The molecule has 0 bridgehead atoms. The van der Waals surface area contributed by atoms with Crippen LogP contribution >= 0.6 is 15.9 Å². The van der Waals surface area contributed by atoms with Crippen molar-refractivity contribution in [3.63, 3.8) is 0 Å². The van der Waals surface area contributed by atoms with Crippen LogP contribution in [0.4, 0.5) is 0 Å². The van der Waals surface area contributed by atoms with Crippen molar-refractivity contribution >= 4 is 32.8 Å². The van der Waals surface area contributed by atoms with Crippen LogP contribution in [0.1, 0.15) is 17.3 Å². The van der Waals surface area contributed by atoms with Gasteiger partial charge in [-0.15, -0.1) is 0 Å². The SMILES string of the molecule is CC(Br)C(=O)c1ccc2oc(=O)[nH]c2c1. The molecule has 4 nitrogen and oxygen atoms in total. The first-order valence-corrected chi connectivity index (χ1v) is 5.30. The summed E-state index contributed by atoms with van der Waals surface area (Å²) in [6.07, 6.45) is 0. The normalized spacial score (nSPS) is 12.9. The van der Waals surface area contributed by atoms with Crippen LogP contribution in [0.5, 0.6) is 0 Å². The second-order valence-electron chi connectivity index (χ2n) is 3.21. The van der Waals surface area contributed by atoms with Gasteiger partial charge in [-0.1, -0.05) is 15.9 Å². The number of nitrogens with one attached hydrogen (secondary N) is 1. The van der Waals surface area contributed by atoms with Gasteiger partial charge >= 0.3 is 5.76 Å². The van der Waals surface area contributed by atoms with Crippen molar-refractivity contribution in [2.45, 2.75) is 11.8 Å². The summed E-state index contributed by atoms with van der Waals surface area (Å²) in [6, 6.07) is 4.86. The first-order valence-electron chi connectivity index (χ1n) is 4.39. The number of carbonyl (C=O) groups excluding carboxylic acids is 1. The quantitative estimate of drug-likeness (QED) is 0.671. The molecule has 1 N–H and O–H groups in total. The van der Waals surface area contributed by atoms with Gasteiger partial charge in [-0.3, -0.25) is 9.78 Å². The molecule has 1 atom stereocenters. The average molecular weight is 270 g/mol. The Labute approximate surface area is 93.4 Å². The smallest absolute Gasteiger partial charge is 0.408 e. The fourth-order valence-electron chi connectivity index (χ4n) is 1.33. The maximum atomic E-state index is 11.6. The molecule has 0 saturated heterocycles. The molecule has 0 fully saturated rings. The lowest BCUT2D eigenvalue weighted by molar-refractivity contribution is 0.0996. The minimum Gasteiger partial charge on any atom is -0.408 e. The summed E-state index contributed by atoms with van der Waals surface area (Å²) in [4.78, 5) is 24.8. The van der Waals surface area contributed by atoms with Gasteiger partial charge in [0.25, 0.3) is 0 Å². The van der Waals surface area contributed by atoms with E-state index >= 15 is 0 Å². The van der Waals surface area contributed by atoms with E-state index in [1.165, 1.54) is 0 Å². The van der Waals surface area contributed by atoms with E-state index in [4.69, 9.17) is 4.42 Å². The molecule has 1 unspecified atom stereocenters. The molecule has 0 spiro atoms. The summed E-state index contributed by atoms with van der Waals surface area (Å²) in [5, 5.41) is 0. The van der Waals surface area contributed by atoms with E-state index in [9.17, 15) is 9.59 Å². The lowest BCUT2D eigenvalue weighted by Crippen LogP contribution is -2.09. The van der Waals surface area contributed by atoms with Crippen molar-refractivity contribution < 1.29 is 9.21 Å². The van der Waals surface area contributed by atoms with Gasteiger partial charge in [0, 0.05) is 5.56 Å². The van der Waals surface area contributed by atoms with Crippen molar-refractivity contribution in [1.82, 2.24) is 4.98 Å². The number of hydrogen-bond acceptors (Lipinski definition) is 3. The fourth-order valence-corrected chi connectivity index (χ4v) is 1.60. The molecule has 78 valence electrons. The largest absolute Gasteiger partial charge is 0.417 e. The average Bonchev–Trinajstić information content (AvgIpc) is 2.55. The van der Waals surface area contributed by atoms with Crippen LogP contribution in [0.3, 0.4) is 0 Å². The molecule has 15 heavy (non-hydrogen) atoms. The molecule has 1 aromatic carbocycles. The minimum atomic E-state index is -0.513. The van der Waals surface area contributed by atoms with Gasteiger partial charge in [-0.05, 0) is 25.1 Å². The molecule has 0 aliphatic heterocycles. The summed E-state index contributed by atoms with van der Waals surface area (Å²) in [5.74, 6) is -0.541. The minimum absolute atomic E-state index is 0.0288. The van der Waals surface area contributed by atoms with E-state index in [1.54, 1.807) is 25.1 Å². The summed E-state index contributed by atoms with van der Waals surface area (Å²) in [6.45, 7) is 1.75. The number of rotatable bonds is 2. The summed E-state index contributed by atoms with van der Waals surface area (Å²) >= 11 is 3.20. The second-order valence-corrected chi connectivity index (χ2v) is 4.58. The zero-order valence-corrected chi connectivity index (χ0v) is 9.50. The Bertz CT molecular complexity index is 567. The summed E-state index contributed by atoms with van der Waals surface area (Å²) < 4.78 is 4.83. The van der Waals surface area contributed by atoms with Crippen LogP contribution in [0.2, 0.25) is 0 Å². The third-order valence-corrected chi connectivity index (χ3v) is 2.48. The topological polar surface area (TPSA) is 63.1 Å². The number of alkyl halides is 1. The molecule has 0 radical (unpaired) electrons. The van der Waals surface area contributed by atoms with Gasteiger partial charge in [0.05, 0.1) is 10.3 Å². The predicted molar refractivity (Wildman–Crippen MR) is 59.6 cm³/mol. The van der Waals surface area contributed by atoms with E-state index in [-0.39, 0.29) is 10.6 Å². The van der Waals surface area contributed by atoms with Crippen LogP contribution in [0, 0.1) is 0 Å². The highest BCUT2D eigenvalue weighted by atomic mass is 79.9. The predicted octanol–water partition coefficient (Wildman–Crippen LogP) is 2.09. The Balaban J connectivity index is 2.55. The number of aromatic nitrogens is 1. The molecule has 0 aliphatic rings. The number of fused-ring (bicyclic) bond motifs is 1. The maximum Gasteiger partial charge on any atom is 0.417 e. The van der Waals surface area contributed by atoms with Crippen molar-refractivity contribution in [1.29, 1.82) is 0 Å². The zero-order valence-electron chi connectivity index (χ0n) is 7.91. The number of benzene rings is 1. The van der Waals surface area contributed by atoms with Crippen molar-refractivity contribution in [3.05, 3.63) is 34.3 Å².